The van der Waals surface area contributed by atoms with Crippen molar-refractivity contribution in [1.82, 2.24) is 19.7 Å². The van der Waals surface area contributed by atoms with Crippen molar-refractivity contribution in [1.29, 1.82) is 0 Å². The summed E-state index contributed by atoms with van der Waals surface area (Å²) in [6.45, 7) is 6.23. The van der Waals surface area contributed by atoms with Crippen LogP contribution in [0.5, 0.6) is 0 Å². The molecule has 12 heteroatoms. The maximum Gasteiger partial charge on any atom is 0.421 e. The van der Waals surface area contributed by atoms with Gasteiger partial charge in [0.05, 0.1) is 42.9 Å². The first kappa shape index (κ1) is 27.6. The predicted octanol–water partition coefficient (Wildman–Crippen LogP) is 6.32. The van der Waals surface area contributed by atoms with Crippen molar-refractivity contribution < 1.29 is 22.5 Å². The highest BCUT2D eigenvalue weighted by Gasteiger charge is 2.51. The van der Waals surface area contributed by atoms with Gasteiger partial charge in [-0.25, -0.2) is 8.93 Å². The Morgan fingerprint density at radius 2 is 1.73 bits per heavy atom. The summed E-state index contributed by atoms with van der Waals surface area (Å²) in [6, 6.07) is 8.74. The van der Waals surface area contributed by atoms with Gasteiger partial charge in [0.25, 0.3) is 0 Å². The van der Waals surface area contributed by atoms with Gasteiger partial charge in [0, 0.05) is 23.5 Å². The van der Waals surface area contributed by atoms with Gasteiger partial charge in [-0.1, -0.05) is 11.6 Å². The molecule has 6 nitrogen and oxygen atoms in total. The fourth-order valence-corrected chi connectivity index (χ4v) is 5.80. The summed E-state index contributed by atoms with van der Waals surface area (Å²) in [4.78, 5) is 13.8. The molecule has 0 saturated carbocycles. The van der Waals surface area contributed by atoms with Crippen LogP contribution >= 0.6 is 22.9 Å². The van der Waals surface area contributed by atoms with E-state index in [1.807, 2.05) is 26.8 Å². The van der Waals surface area contributed by atoms with Gasteiger partial charge in [0.2, 0.25) is 0 Å². The molecule has 196 valence electrons. The van der Waals surface area contributed by atoms with E-state index in [4.69, 9.17) is 11.6 Å². The lowest BCUT2D eigenvalue weighted by Gasteiger charge is -2.26. The first-order valence-electron chi connectivity index (χ1n) is 11.1. The maximum absolute atomic E-state index is 13.4. The predicted molar refractivity (Wildman–Crippen MR) is 141 cm³/mol. The van der Waals surface area contributed by atoms with Gasteiger partial charge in [-0.2, -0.15) is 13.2 Å². The van der Waals surface area contributed by atoms with Gasteiger partial charge in [0.1, 0.15) is 5.69 Å². The number of halogens is 4. The monoisotopic (exact) mass is 568 g/mol. The Morgan fingerprint density at radius 3 is 2.38 bits per heavy atom. The molecule has 0 bridgehead atoms. The molecule has 0 amide bonds. The standard InChI is InChI=1S/C25H24ClF3N4O2S2/c1-23(2,3)37(35)33-21(19-16(26)6-5-9-31-19)18-12-14-7-10-32-20(22(14)36-18)17-13-15(8-11-30-17)24(4,34)25(27,28)29/h5-13,21,33-34H,1-4H3/t21-,24?,37?/m0/s1. The molecule has 0 aliphatic heterocycles. The van der Waals surface area contributed by atoms with Gasteiger partial charge in [-0.15, -0.1) is 11.3 Å². The van der Waals surface area contributed by atoms with Crippen molar-refractivity contribution in [3.05, 3.63) is 76.1 Å². The van der Waals surface area contributed by atoms with Crippen LogP contribution in [0.4, 0.5) is 13.2 Å². The molecular formula is C25H24ClF3N4O2S2. The Bertz CT molecular complexity index is 1470. The molecule has 0 fully saturated rings. The van der Waals surface area contributed by atoms with Gasteiger partial charge in [-0.05, 0) is 75.0 Å². The average Bonchev–Trinajstić information content (AvgIpc) is 3.26. The van der Waals surface area contributed by atoms with E-state index in [0.717, 1.165) is 16.3 Å². The molecule has 2 N–H and O–H groups in total. The number of pyridine rings is 3. The van der Waals surface area contributed by atoms with Gasteiger partial charge in [-0.3, -0.25) is 15.0 Å². The van der Waals surface area contributed by atoms with Crippen LogP contribution in [0.15, 0.2) is 55.0 Å². The lowest BCUT2D eigenvalue weighted by Crippen LogP contribution is -2.39. The second kappa shape index (κ2) is 10.0. The van der Waals surface area contributed by atoms with E-state index >= 15 is 0 Å². The molecule has 4 aromatic heterocycles. The molecular weight excluding hydrogens is 545 g/mol. The summed E-state index contributed by atoms with van der Waals surface area (Å²) in [5.41, 5.74) is -2.37. The van der Waals surface area contributed by atoms with Crippen molar-refractivity contribution in [3.63, 3.8) is 0 Å². The fraction of sp³-hybridized carbons (Fsp3) is 0.320. The second-order valence-corrected chi connectivity index (χ2v) is 13.0. The third-order valence-electron chi connectivity index (χ3n) is 5.70. The summed E-state index contributed by atoms with van der Waals surface area (Å²) in [5, 5.41) is 11.3. The Morgan fingerprint density at radius 1 is 1.03 bits per heavy atom. The van der Waals surface area contributed by atoms with E-state index in [0.29, 0.717) is 28.0 Å². The largest absolute Gasteiger partial charge is 0.421 e. The third kappa shape index (κ3) is 5.56. The molecule has 0 spiro atoms. The van der Waals surface area contributed by atoms with Crippen molar-refractivity contribution in [2.24, 2.45) is 0 Å². The first-order chi connectivity index (χ1) is 17.2. The third-order valence-corrected chi connectivity index (χ3v) is 8.80. The van der Waals surface area contributed by atoms with E-state index < -0.39 is 33.6 Å². The van der Waals surface area contributed by atoms with E-state index in [2.05, 4.69) is 19.7 Å². The van der Waals surface area contributed by atoms with E-state index in [1.54, 1.807) is 24.4 Å². The number of alkyl halides is 3. The van der Waals surface area contributed by atoms with Crippen LogP contribution in [0.1, 0.15) is 49.9 Å². The summed E-state index contributed by atoms with van der Waals surface area (Å²) in [5.74, 6) is 0. The van der Waals surface area contributed by atoms with Crippen LogP contribution in [0.25, 0.3) is 21.5 Å². The van der Waals surface area contributed by atoms with Crippen LogP contribution in [-0.2, 0) is 16.6 Å². The van der Waals surface area contributed by atoms with E-state index in [9.17, 15) is 22.5 Å². The Labute approximate surface area is 223 Å². The smallest absolute Gasteiger partial charge is 0.376 e. The summed E-state index contributed by atoms with van der Waals surface area (Å²) >= 11 is 7.77. The fourth-order valence-electron chi connectivity index (χ4n) is 3.48. The molecule has 0 aromatic carbocycles. The van der Waals surface area contributed by atoms with Crippen LogP contribution in [-0.4, -0.2) is 35.2 Å². The van der Waals surface area contributed by atoms with Crippen LogP contribution < -0.4 is 4.72 Å². The van der Waals surface area contributed by atoms with E-state index in [1.165, 1.54) is 29.8 Å². The number of rotatable bonds is 6. The molecule has 3 atom stereocenters. The zero-order valence-electron chi connectivity index (χ0n) is 20.3. The summed E-state index contributed by atoms with van der Waals surface area (Å²) < 4.78 is 56.6. The normalized spacial score (nSPS) is 15.9. The number of nitrogens with zero attached hydrogens (tertiary/aromatic N) is 3. The lowest BCUT2D eigenvalue weighted by molar-refractivity contribution is -0.258. The number of aliphatic hydroxyl groups is 1. The van der Waals surface area contributed by atoms with Crippen molar-refractivity contribution in [2.45, 2.75) is 50.3 Å². The lowest BCUT2D eigenvalue weighted by atomic mass is 9.95. The van der Waals surface area contributed by atoms with Crippen LogP contribution in [0.3, 0.4) is 0 Å². The molecule has 0 aliphatic carbocycles. The minimum atomic E-state index is -4.87. The second-order valence-electron chi connectivity index (χ2n) is 9.53. The number of aromatic nitrogens is 3. The molecule has 0 aliphatic rings. The molecule has 2 unspecified atom stereocenters. The van der Waals surface area contributed by atoms with Crippen molar-refractivity contribution in [2.75, 3.05) is 0 Å². The van der Waals surface area contributed by atoms with Crippen molar-refractivity contribution in [3.8, 4) is 11.4 Å². The summed E-state index contributed by atoms with van der Waals surface area (Å²) in [6.07, 6.45) is -0.527. The Kier molecular flexibility index (Phi) is 7.48. The van der Waals surface area contributed by atoms with Gasteiger partial charge in [0.15, 0.2) is 5.60 Å². The molecule has 0 radical (unpaired) electrons. The highest BCUT2D eigenvalue weighted by atomic mass is 35.5. The van der Waals surface area contributed by atoms with Gasteiger partial charge < -0.3 is 5.11 Å². The van der Waals surface area contributed by atoms with Gasteiger partial charge >= 0.3 is 6.18 Å². The first-order valence-corrected chi connectivity index (χ1v) is 13.5. The Balaban J connectivity index is 1.84. The quantitative estimate of drug-likeness (QED) is 0.284. The number of hydrogen-bond acceptors (Lipinski definition) is 6. The van der Waals surface area contributed by atoms with Crippen molar-refractivity contribution >= 4 is 44.0 Å². The zero-order chi connectivity index (χ0) is 27.2. The average molecular weight is 569 g/mol. The minimum absolute atomic E-state index is 0.180. The van der Waals surface area contributed by atoms with Crippen LogP contribution in [0, 0.1) is 0 Å². The van der Waals surface area contributed by atoms with Crippen LogP contribution in [0.2, 0.25) is 5.02 Å². The molecule has 4 rings (SSSR count). The summed E-state index contributed by atoms with van der Waals surface area (Å²) in [7, 11) is -1.47. The molecule has 4 aromatic rings. The SMILES string of the molecule is CC(C)(C)S(=O)N[C@@H](c1cc2ccnc(-c3cc(C(C)(O)C(F)(F)F)ccn3)c2s1)c1ncccc1Cl. The zero-order valence-corrected chi connectivity index (χ0v) is 22.7. The number of hydrogen-bond donors (Lipinski definition) is 2. The number of thiophene rings is 1. The number of fused-ring (bicyclic) bond motifs is 1. The molecule has 4 heterocycles. The number of nitrogens with one attached hydrogen (secondary N) is 1. The topological polar surface area (TPSA) is 88.0 Å². The van der Waals surface area contributed by atoms with E-state index in [-0.39, 0.29) is 11.3 Å². The highest BCUT2D eigenvalue weighted by Crippen LogP contribution is 2.41. The highest BCUT2D eigenvalue weighted by molar-refractivity contribution is 7.84. The molecule has 37 heavy (non-hydrogen) atoms. The Hall–Kier alpha value is -2.44. The minimum Gasteiger partial charge on any atom is -0.376 e. The molecule has 0 saturated heterocycles. The maximum atomic E-state index is 13.4.